The van der Waals surface area contributed by atoms with E-state index >= 15 is 0 Å². The van der Waals surface area contributed by atoms with E-state index in [-0.39, 0.29) is 24.7 Å². The number of amides is 2. The van der Waals surface area contributed by atoms with Gasteiger partial charge in [-0.25, -0.2) is 4.98 Å². The Bertz CT molecular complexity index is 378. The Morgan fingerprint density at radius 3 is 2.80 bits per heavy atom. The van der Waals surface area contributed by atoms with Crippen molar-refractivity contribution < 1.29 is 9.59 Å². The monoisotopic (exact) mass is 208 g/mol. The highest BCUT2D eigenvalue weighted by Gasteiger charge is 2.08. The number of aromatic nitrogens is 1. The molecule has 0 aliphatic carbocycles. The van der Waals surface area contributed by atoms with Crippen LogP contribution < -0.4 is 16.8 Å². The summed E-state index contributed by atoms with van der Waals surface area (Å²) in [6.45, 7) is 0.197. The van der Waals surface area contributed by atoms with Crippen LogP contribution in [0.5, 0.6) is 0 Å². The van der Waals surface area contributed by atoms with E-state index in [0.717, 1.165) is 0 Å². The summed E-state index contributed by atoms with van der Waals surface area (Å²) in [7, 11) is 0. The van der Waals surface area contributed by atoms with Crippen molar-refractivity contribution in [3.63, 3.8) is 0 Å². The minimum atomic E-state index is -0.463. The highest BCUT2D eigenvalue weighted by atomic mass is 16.2. The lowest BCUT2D eigenvalue weighted by molar-refractivity contribution is -0.117. The van der Waals surface area contributed by atoms with Crippen LogP contribution in [-0.2, 0) is 4.79 Å². The predicted octanol–water partition coefficient (Wildman–Crippen LogP) is -0.731. The van der Waals surface area contributed by atoms with Gasteiger partial charge in [0, 0.05) is 19.2 Å². The normalized spacial score (nSPS) is 9.60. The molecule has 1 aromatic rings. The van der Waals surface area contributed by atoms with E-state index < -0.39 is 5.91 Å². The molecule has 0 radical (unpaired) electrons. The van der Waals surface area contributed by atoms with E-state index in [9.17, 15) is 9.59 Å². The van der Waals surface area contributed by atoms with Crippen LogP contribution in [0.1, 0.15) is 16.8 Å². The van der Waals surface area contributed by atoms with E-state index in [2.05, 4.69) is 10.3 Å². The molecular weight excluding hydrogens is 196 g/mol. The van der Waals surface area contributed by atoms with Crippen LogP contribution in [0.3, 0.4) is 0 Å². The average Bonchev–Trinajstić information content (AvgIpc) is 2.17. The van der Waals surface area contributed by atoms with E-state index in [0.29, 0.717) is 5.56 Å². The Labute approximate surface area is 86.7 Å². The summed E-state index contributed by atoms with van der Waals surface area (Å²) in [4.78, 5) is 25.7. The molecule has 0 fully saturated rings. The number of anilines is 1. The first-order valence-corrected chi connectivity index (χ1v) is 4.38. The standard InChI is InChI=1S/C9H12N4O2/c10-7(14)3-5-13-9(15)6-2-1-4-12-8(6)11/h1-2,4H,3,5H2,(H2,10,14)(H2,11,12)(H,13,15). The fourth-order valence-corrected chi connectivity index (χ4v) is 1.00. The third kappa shape index (κ3) is 3.26. The van der Waals surface area contributed by atoms with E-state index in [1.807, 2.05) is 0 Å². The molecule has 0 saturated heterocycles. The summed E-state index contributed by atoms with van der Waals surface area (Å²) in [5, 5.41) is 2.51. The Morgan fingerprint density at radius 1 is 1.47 bits per heavy atom. The molecule has 6 nitrogen and oxygen atoms in total. The molecule has 1 rings (SSSR count). The van der Waals surface area contributed by atoms with Crippen molar-refractivity contribution >= 4 is 17.6 Å². The second-order valence-corrected chi connectivity index (χ2v) is 2.91. The number of carbonyl (C=O) groups is 2. The zero-order valence-electron chi connectivity index (χ0n) is 8.06. The van der Waals surface area contributed by atoms with Gasteiger partial charge in [-0.2, -0.15) is 0 Å². The van der Waals surface area contributed by atoms with Crippen LogP contribution in [0.25, 0.3) is 0 Å². The van der Waals surface area contributed by atoms with Gasteiger partial charge < -0.3 is 16.8 Å². The third-order valence-corrected chi connectivity index (χ3v) is 1.74. The van der Waals surface area contributed by atoms with Crippen LogP contribution >= 0.6 is 0 Å². The molecule has 0 unspecified atom stereocenters. The van der Waals surface area contributed by atoms with Crippen LogP contribution in [0.15, 0.2) is 18.3 Å². The van der Waals surface area contributed by atoms with E-state index in [1.54, 1.807) is 12.1 Å². The molecule has 2 amide bonds. The first kappa shape index (κ1) is 11.0. The smallest absolute Gasteiger partial charge is 0.255 e. The molecule has 5 N–H and O–H groups in total. The molecule has 0 bridgehead atoms. The lowest BCUT2D eigenvalue weighted by Gasteiger charge is -2.04. The Kier molecular flexibility index (Phi) is 3.61. The second-order valence-electron chi connectivity index (χ2n) is 2.91. The SMILES string of the molecule is NC(=O)CCNC(=O)c1cccnc1N. The minimum absolute atomic E-state index is 0.103. The quantitative estimate of drug-likeness (QED) is 0.605. The number of hydrogen-bond acceptors (Lipinski definition) is 4. The summed E-state index contributed by atoms with van der Waals surface area (Å²) in [5.74, 6) is -0.662. The van der Waals surface area contributed by atoms with E-state index in [4.69, 9.17) is 11.5 Å². The molecule has 80 valence electrons. The van der Waals surface area contributed by atoms with Gasteiger partial charge in [0.15, 0.2) is 0 Å². The molecule has 1 heterocycles. The molecule has 0 spiro atoms. The van der Waals surface area contributed by atoms with Gasteiger partial charge in [-0.3, -0.25) is 9.59 Å². The first-order chi connectivity index (χ1) is 7.11. The molecule has 15 heavy (non-hydrogen) atoms. The molecule has 0 aromatic carbocycles. The number of pyridine rings is 1. The molecule has 0 aliphatic rings. The molecular formula is C9H12N4O2. The second kappa shape index (κ2) is 4.94. The van der Waals surface area contributed by atoms with Gasteiger partial charge >= 0.3 is 0 Å². The minimum Gasteiger partial charge on any atom is -0.383 e. The van der Waals surface area contributed by atoms with Gasteiger partial charge in [0.25, 0.3) is 5.91 Å². The van der Waals surface area contributed by atoms with Gasteiger partial charge in [-0.1, -0.05) is 0 Å². The van der Waals surface area contributed by atoms with Crippen LogP contribution in [0.4, 0.5) is 5.82 Å². The molecule has 0 aliphatic heterocycles. The molecule has 0 atom stereocenters. The Morgan fingerprint density at radius 2 is 2.20 bits per heavy atom. The predicted molar refractivity (Wildman–Crippen MR) is 54.8 cm³/mol. The van der Waals surface area contributed by atoms with Crippen LogP contribution in [0.2, 0.25) is 0 Å². The maximum absolute atomic E-state index is 11.5. The summed E-state index contributed by atoms with van der Waals surface area (Å²) >= 11 is 0. The van der Waals surface area contributed by atoms with Gasteiger partial charge in [0.2, 0.25) is 5.91 Å². The van der Waals surface area contributed by atoms with Crippen molar-refractivity contribution in [1.82, 2.24) is 10.3 Å². The van der Waals surface area contributed by atoms with Gasteiger partial charge in [-0.15, -0.1) is 0 Å². The fraction of sp³-hybridized carbons (Fsp3) is 0.222. The zero-order chi connectivity index (χ0) is 11.3. The first-order valence-electron chi connectivity index (χ1n) is 4.38. The molecule has 1 aromatic heterocycles. The van der Waals surface area contributed by atoms with Gasteiger partial charge in [0.1, 0.15) is 5.82 Å². The number of nitrogens with two attached hydrogens (primary N) is 2. The lowest BCUT2D eigenvalue weighted by Crippen LogP contribution is -2.28. The number of nitrogens with one attached hydrogen (secondary N) is 1. The van der Waals surface area contributed by atoms with Crippen LogP contribution in [-0.4, -0.2) is 23.3 Å². The topological polar surface area (TPSA) is 111 Å². The number of nitrogens with zero attached hydrogens (tertiary/aromatic N) is 1. The third-order valence-electron chi connectivity index (χ3n) is 1.74. The fourth-order valence-electron chi connectivity index (χ4n) is 1.00. The highest BCUT2D eigenvalue weighted by Crippen LogP contribution is 2.05. The lowest BCUT2D eigenvalue weighted by atomic mass is 10.2. The van der Waals surface area contributed by atoms with Crippen molar-refractivity contribution in [3.05, 3.63) is 23.9 Å². The van der Waals surface area contributed by atoms with Crippen molar-refractivity contribution in [2.24, 2.45) is 5.73 Å². The summed E-state index contributed by atoms with van der Waals surface area (Å²) in [5.41, 5.74) is 10.7. The number of hydrogen-bond donors (Lipinski definition) is 3. The van der Waals surface area contributed by atoms with Gasteiger partial charge in [-0.05, 0) is 12.1 Å². The van der Waals surface area contributed by atoms with Crippen molar-refractivity contribution in [2.75, 3.05) is 12.3 Å². The average molecular weight is 208 g/mol. The van der Waals surface area contributed by atoms with Crippen molar-refractivity contribution in [2.45, 2.75) is 6.42 Å². The number of rotatable bonds is 4. The summed E-state index contributed by atoms with van der Waals surface area (Å²) < 4.78 is 0. The number of nitrogen functional groups attached to an aromatic ring is 1. The summed E-state index contributed by atoms with van der Waals surface area (Å²) in [6.07, 6.45) is 1.60. The number of carbonyl (C=O) groups excluding carboxylic acids is 2. The van der Waals surface area contributed by atoms with Crippen LogP contribution in [0, 0.1) is 0 Å². The maximum Gasteiger partial charge on any atom is 0.255 e. The zero-order valence-corrected chi connectivity index (χ0v) is 8.06. The summed E-state index contributed by atoms with van der Waals surface area (Å²) in [6, 6.07) is 3.17. The number of primary amides is 1. The molecule has 6 heteroatoms. The largest absolute Gasteiger partial charge is 0.383 e. The van der Waals surface area contributed by atoms with Crippen molar-refractivity contribution in [1.29, 1.82) is 0 Å². The van der Waals surface area contributed by atoms with E-state index in [1.165, 1.54) is 6.20 Å². The highest BCUT2D eigenvalue weighted by molar-refractivity contribution is 5.98. The Balaban J connectivity index is 2.54. The maximum atomic E-state index is 11.5. The molecule has 0 saturated carbocycles. The Hall–Kier alpha value is -2.11. The van der Waals surface area contributed by atoms with Crippen molar-refractivity contribution in [3.8, 4) is 0 Å². The van der Waals surface area contributed by atoms with Gasteiger partial charge in [0.05, 0.1) is 5.56 Å².